The molecule has 10 aromatic carbocycles. The van der Waals surface area contributed by atoms with E-state index in [4.69, 9.17) is 19.4 Å². The van der Waals surface area contributed by atoms with Crippen LogP contribution in [0.5, 0.6) is 0 Å². The van der Waals surface area contributed by atoms with Crippen molar-refractivity contribution in [3.63, 3.8) is 0 Å². The molecule has 0 fully saturated rings. The lowest BCUT2D eigenvalue weighted by atomic mass is 9.67. The molecule has 70 heavy (non-hydrogen) atoms. The third-order valence-corrected chi connectivity index (χ3v) is 16.1. The smallest absolute Gasteiger partial charge is 0.165 e. The molecule has 0 atom stereocenters. The second-order valence-corrected chi connectivity index (χ2v) is 19.6. The zero-order valence-electron chi connectivity index (χ0n) is 37.7. The van der Waals surface area contributed by atoms with Crippen LogP contribution in [0.1, 0.15) is 44.9 Å². The van der Waals surface area contributed by atoms with Gasteiger partial charge in [-0.05, 0) is 85.5 Å². The first-order valence-corrected chi connectivity index (χ1v) is 24.7. The van der Waals surface area contributed by atoms with E-state index in [1.807, 2.05) is 24.3 Å². The van der Waals surface area contributed by atoms with Gasteiger partial charge in [0.05, 0.1) is 10.1 Å². The molecule has 2 aliphatic carbocycles. The van der Waals surface area contributed by atoms with Crippen LogP contribution in [-0.4, -0.2) is 15.0 Å². The minimum Gasteiger partial charge on any atom is -0.455 e. The van der Waals surface area contributed by atoms with Gasteiger partial charge in [-0.2, -0.15) is 0 Å². The molecule has 2 aliphatic rings. The number of thiophene rings is 1. The Bertz CT molecular complexity index is 4170. The molecule has 0 radical (unpaired) electrons. The van der Waals surface area contributed by atoms with Crippen LogP contribution in [-0.2, 0) is 5.41 Å². The van der Waals surface area contributed by atoms with Crippen LogP contribution in [0.15, 0.2) is 235 Å². The molecule has 4 nitrogen and oxygen atoms in total. The van der Waals surface area contributed by atoms with Gasteiger partial charge in [0, 0.05) is 48.9 Å². The van der Waals surface area contributed by atoms with E-state index < -0.39 is 5.41 Å². The van der Waals surface area contributed by atoms with Crippen molar-refractivity contribution in [1.29, 1.82) is 0 Å². The normalized spacial score (nSPS) is 13.5. The molecule has 0 aliphatic heterocycles. The molecule has 0 amide bonds. The summed E-state index contributed by atoms with van der Waals surface area (Å²) >= 11 is 1.76. The van der Waals surface area contributed by atoms with Gasteiger partial charge in [-0.15, -0.1) is 11.3 Å². The van der Waals surface area contributed by atoms with Crippen molar-refractivity contribution in [3.05, 3.63) is 269 Å². The van der Waals surface area contributed by atoms with Crippen LogP contribution < -0.4 is 0 Å². The molecule has 0 unspecified atom stereocenters. The van der Waals surface area contributed by atoms with Crippen molar-refractivity contribution in [1.82, 2.24) is 15.0 Å². The fourth-order valence-electron chi connectivity index (χ4n) is 11.9. The first kappa shape index (κ1) is 39.2. The first-order valence-electron chi connectivity index (χ1n) is 23.9. The summed E-state index contributed by atoms with van der Waals surface area (Å²) in [7, 11) is 0. The monoisotopic (exact) mass is 909 g/mol. The Morgan fingerprint density at radius 1 is 0.400 bits per heavy atom. The lowest BCUT2D eigenvalue weighted by molar-refractivity contribution is 0.673. The average molecular weight is 910 g/mol. The predicted molar refractivity (Wildman–Crippen MR) is 286 cm³/mol. The summed E-state index contributed by atoms with van der Waals surface area (Å²) in [6.07, 6.45) is 0. The fourth-order valence-corrected chi connectivity index (χ4v) is 13.1. The molecular formula is C65H39N3OS. The zero-order valence-corrected chi connectivity index (χ0v) is 38.5. The number of fused-ring (bicyclic) bond motifs is 13. The van der Waals surface area contributed by atoms with Gasteiger partial charge >= 0.3 is 0 Å². The summed E-state index contributed by atoms with van der Waals surface area (Å²) in [4.78, 5) is 16.2. The Labute approximate surface area is 407 Å². The average Bonchev–Trinajstić information content (AvgIpc) is 4.18. The van der Waals surface area contributed by atoms with Gasteiger partial charge in [-0.3, -0.25) is 0 Å². The topological polar surface area (TPSA) is 51.8 Å². The number of rotatable bonds is 6. The van der Waals surface area contributed by atoms with E-state index in [9.17, 15) is 0 Å². The Morgan fingerprint density at radius 3 is 1.67 bits per heavy atom. The predicted octanol–water partition coefficient (Wildman–Crippen LogP) is 16.7. The van der Waals surface area contributed by atoms with E-state index in [0.29, 0.717) is 17.5 Å². The maximum Gasteiger partial charge on any atom is 0.165 e. The highest BCUT2D eigenvalue weighted by Gasteiger charge is 2.47. The highest BCUT2D eigenvalue weighted by Crippen LogP contribution is 2.58. The third-order valence-electron chi connectivity index (χ3n) is 14.9. The second kappa shape index (κ2) is 15.1. The van der Waals surface area contributed by atoms with Gasteiger partial charge in [-0.1, -0.05) is 206 Å². The molecular weight excluding hydrogens is 871 g/mol. The minimum absolute atomic E-state index is 0.105. The summed E-state index contributed by atoms with van der Waals surface area (Å²) in [5, 5.41) is 4.35. The molecule has 13 aromatic rings. The van der Waals surface area contributed by atoms with Crippen molar-refractivity contribution < 1.29 is 4.42 Å². The maximum atomic E-state index is 6.69. The van der Waals surface area contributed by atoms with Crippen molar-refractivity contribution in [3.8, 4) is 56.4 Å². The maximum absolute atomic E-state index is 6.69. The summed E-state index contributed by atoms with van der Waals surface area (Å²) in [5.74, 6) is 1.96. The SMILES string of the molecule is c1ccc(-c2nc(-c3ccc4c(c3)C(c3ccccc3)(c3ccccc3)c3cc(C5c6ccccc6-c6ccccc65)ccc3-4)nc(-c3cc4c5ccccc5oc4c4c3sc3ccccc34)n2)cc1. The fraction of sp³-hybridized carbons (Fsp3) is 0.0308. The number of furan rings is 1. The summed E-state index contributed by atoms with van der Waals surface area (Å²) < 4.78 is 8.96. The molecule has 15 rings (SSSR count). The lowest BCUT2D eigenvalue weighted by Gasteiger charge is -2.34. The van der Waals surface area contributed by atoms with Gasteiger partial charge in [0.15, 0.2) is 17.5 Å². The Hall–Kier alpha value is -8.77. The van der Waals surface area contributed by atoms with Crippen LogP contribution in [0.4, 0.5) is 0 Å². The van der Waals surface area contributed by atoms with Gasteiger partial charge in [0.25, 0.3) is 0 Å². The molecule has 326 valence electrons. The van der Waals surface area contributed by atoms with Crippen LogP contribution in [0.25, 0.3) is 98.5 Å². The van der Waals surface area contributed by atoms with Crippen LogP contribution in [0.3, 0.4) is 0 Å². The van der Waals surface area contributed by atoms with Crippen LogP contribution in [0.2, 0.25) is 0 Å². The van der Waals surface area contributed by atoms with E-state index in [1.165, 1.54) is 65.9 Å². The quantitative estimate of drug-likeness (QED) is 0.167. The highest BCUT2D eigenvalue weighted by molar-refractivity contribution is 7.26. The van der Waals surface area contributed by atoms with E-state index in [0.717, 1.165) is 54.1 Å². The minimum atomic E-state index is -0.661. The molecule has 0 N–H and O–H groups in total. The number of hydrogen-bond acceptors (Lipinski definition) is 5. The van der Waals surface area contributed by atoms with Gasteiger partial charge < -0.3 is 4.42 Å². The zero-order chi connectivity index (χ0) is 45.9. The first-order chi connectivity index (χ1) is 34.7. The molecule has 0 saturated carbocycles. The van der Waals surface area contributed by atoms with Crippen molar-refractivity contribution in [2.24, 2.45) is 0 Å². The largest absolute Gasteiger partial charge is 0.455 e. The number of aromatic nitrogens is 3. The Morgan fingerprint density at radius 2 is 0.957 bits per heavy atom. The second-order valence-electron chi connectivity index (χ2n) is 18.5. The van der Waals surface area contributed by atoms with E-state index in [2.05, 4.69) is 206 Å². The number of nitrogens with zero attached hydrogens (tertiary/aromatic N) is 3. The van der Waals surface area contributed by atoms with E-state index in [-0.39, 0.29) is 5.92 Å². The summed E-state index contributed by atoms with van der Waals surface area (Å²) in [6.45, 7) is 0. The summed E-state index contributed by atoms with van der Waals surface area (Å²) in [6, 6.07) is 83.5. The Kier molecular flexibility index (Phi) is 8.48. The Balaban J connectivity index is 0.985. The van der Waals surface area contributed by atoms with Crippen LogP contribution in [0, 0.1) is 0 Å². The lowest BCUT2D eigenvalue weighted by Crippen LogP contribution is -2.28. The van der Waals surface area contributed by atoms with Gasteiger partial charge in [0.1, 0.15) is 11.2 Å². The highest BCUT2D eigenvalue weighted by atomic mass is 32.1. The van der Waals surface area contributed by atoms with Crippen molar-refractivity contribution in [2.45, 2.75) is 11.3 Å². The van der Waals surface area contributed by atoms with E-state index >= 15 is 0 Å². The molecule has 0 saturated heterocycles. The molecule has 3 aromatic heterocycles. The molecule has 5 heteroatoms. The summed E-state index contributed by atoms with van der Waals surface area (Å²) in [5.41, 5.74) is 17.8. The van der Waals surface area contributed by atoms with Crippen molar-refractivity contribution in [2.75, 3.05) is 0 Å². The molecule has 0 spiro atoms. The van der Waals surface area contributed by atoms with Gasteiger partial charge in [-0.25, -0.2) is 15.0 Å². The number of para-hydroxylation sites is 1. The molecule has 3 heterocycles. The van der Waals surface area contributed by atoms with Gasteiger partial charge in [0.2, 0.25) is 0 Å². The van der Waals surface area contributed by atoms with Crippen LogP contribution >= 0.6 is 11.3 Å². The number of benzene rings is 10. The standard InChI is InChI=1S/C65H39N3OS/c1-4-18-39(19-5-1)62-66-63(68-64(67-62)53-38-52-48-26-14-16-30-56(48)69-60(52)59-51-29-15-17-31-57(51)70-61(53)59)41-33-35-47-46-34-32-40(58-49-27-12-10-24-44(49)45-25-11-13-28-50(45)58)36-54(46)65(55(47)37-41,42-20-6-2-7-21-42)43-22-8-3-9-23-43/h1-38,58H. The molecule has 0 bridgehead atoms. The third kappa shape index (κ3) is 5.61. The van der Waals surface area contributed by atoms with E-state index in [1.54, 1.807) is 11.3 Å². The number of hydrogen-bond donors (Lipinski definition) is 0. The van der Waals surface area contributed by atoms with Crippen molar-refractivity contribution >= 4 is 53.4 Å².